The maximum absolute atomic E-state index is 5.78. The van der Waals surface area contributed by atoms with E-state index in [2.05, 4.69) is 39.8 Å². The average Bonchev–Trinajstić information content (AvgIpc) is 3.27. The lowest BCUT2D eigenvalue weighted by molar-refractivity contribution is 0.434. The van der Waals surface area contributed by atoms with E-state index < -0.39 is 0 Å². The van der Waals surface area contributed by atoms with Crippen molar-refractivity contribution < 1.29 is 4.42 Å². The van der Waals surface area contributed by atoms with E-state index in [1.165, 1.54) is 11.1 Å². The first kappa shape index (κ1) is 13.2. The van der Waals surface area contributed by atoms with E-state index in [1.54, 1.807) is 0 Å². The molecular weight excluding hydrogens is 274 g/mol. The molecule has 0 N–H and O–H groups in total. The molecule has 4 rings (SSSR count). The van der Waals surface area contributed by atoms with Crippen molar-refractivity contribution in [1.82, 2.24) is 15.5 Å². The third kappa shape index (κ3) is 2.53. The van der Waals surface area contributed by atoms with Crippen LogP contribution in [0.2, 0.25) is 0 Å². The largest absolute Gasteiger partial charge is 0.419 e. The molecule has 22 heavy (non-hydrogen) atoms. The van der Waals surface area contributed by atoms with Crippen LogP contribution in [0.15, 0.2) is 59.0 Å². The SMILES string of the molecule is c1ccc(-c2ccc(-c3nnc(C4CCC[N]4)o3)cc2)cc1. The second-order valence-electron chi connectivity index (χ2n) is 5.45. The minimum absolute atomic E-state index is 0.0878. The summed E-state index contributed by atoms with van der Waals surface area (Å²) >= 11 is 0. The zero-order valence-electron chi connectivity index (χ0n) is 12.1. The Kier molecular flexibility index (Phi) is 3.45. The van der Waals surface area contributed by atoms with Crippen LogP contribution in [0.3, 0.4) is 0 Å². The first-order chi connectivity index (χ1) is 10.9. The summed E-state index contributed by atoms with van der Waals surface area (Å²) in [6.07, 6.45) is 2.11. The monoisotopic (exact) mass is 290 g/mol. The van der Waals surface area contributed by atoms with Crippen LogP contribution < -0.4 is 5.32 Å². The second kappa shape index (κ2) is 5.73. The summed E-state index contributed by atoms with van der Waals surface area (Å²) in [5, 5.41) is 12.8. The van der Waals surface area contributed by atoms with E-state index in [9.17, 15) is 0 Å². The molecule has 4 heteroatoms. The standard InChI is InChI=1S/C18H16N3O/c1-2-5-13(6-3-1)14-8-10-15(11-9-14)17-20-21-18(22-17)16-7-4-12-19-16/h1-3,5-6,8-11,16H,4,7,12H2. The van der Waals surface area contributed by atoms with E-state index in [1.807, 2.05) is 30.3 Å². The van der Waals surface area contributed by atoms with Crippen LogP contribution in [0.25, 0.3) is 22.6 Å². The lowest BCUT2D eigenvalue weighted by atomic mass is 10.0. The molecule has 1 fully saturated rings. The fraction of sp³-hybridized carbons (Fsp3) is 0.222. The van der Waals surface area contributed by atoms with Gasteiger partial charge in [0.2, 0.25) is 11.8 Å². The summed E-state index contributed by atoms with van der Waals surface area (Å²) in [7, 11) is 0. The van der Waals surface area contributed by atoms with Crippen molar-refractivity contribution in [2.75, 3.05) is 6.54 Å². The summed E-state index contributed by atoms with van der Waals surface area (Å²) in [6, 6.07) is 18.6. The molecule has 0 bridgehead atoms. The Balaban J connectivity index is 1.58. The smallest absolute Gasteiger partial charge is 0.247 e. The molecule has 0 amide bonds. The van der Waals surface area contributed by atoms with Crippen LogP contribution >= 0.6 is 0 Å². The lowest BCUT2D eigenvalue weighted by Crippen LogP contribution is -2.05. The maximum Gasteiger partial charge on any atom is 0.247 e. The summed E-state index contributed by atoms with van der Waals surface area (Å²) in [6.45, 7) is 0.897. The molecule has 1 aliphatic rings. The fourth-order valence-electron chi connectivity index (χ4n) is 2.75. The van der Waals surface area contributed by atoms with Gasteiger partial charge >= 0.3 is 0 Å². The molecule has 3 aromatic rings. The minimum Gasteiger partial charge on any atom is -0.419 e. The third-order valence-corrected chi connectivity index (χ3v) is 3.95. The van der Waals surface area contributed by atoms with Crippen molar-refractivity contribution in [1.29, 1.82) is 0 Å². The minimum atomic E-state index is 0.0878. The Morgan fingerprint density at radius 1 is 0.818 bits per heavy atom. The number of aromatic nitrogens is 2. The topological polar surface area (TPSA) is 53.0 Å². The Hall–Kier alpha value is -2.46. The molecule has 4 nitrogen and oxygen atoms in total. The summed E-state index contributed by atoms with van der Waals surface area (Å²) in [5.74, 6) is 1.20. The van der Waals surface area contributed by atoms with Crippen molar-refractivity contribution in [3.05, 3.63) is 60.5 Å². The van der Waals surface area contributed by atoms with Crippen molar-refractivity contribution in [3.8, 4) is 22.6 Å². The van der Waals surface area contributed by atoms with Crippen molar-refractivity contribution in [2.24, 2.45) is 0 Å². The Labute approximate surface area is 129 Å². The van der Waals surface area contributed by atoms with Gasteiger partial charge in [0.05, 0.1) is 0 Å². The van der Waals surface area contributed by atoms with E-state index >= 15 is 0 Å². The number of hydrogen-bond acceptors (Lipinski definition) is 3. The molecule has 0 spiro atoms. The molecule has 1 saturated heterocycles. The van der Waals surface area contributed by atoms with Crippen LogP contribution in [-0.4, -0.2) is 16.7 Å². The van der Waals surface area contributed by atoms with Gasteiger partial charge in [-0.05, 0) is 36.1 Å². The van der Waals surface area contributed by atoms with Crippen LogP contribution in [-0.2, 0) is 0 Å². The van der Waals surface area contributed by atoms with E-state index in [0.717, 1.165) is 24.9 Å². The van der Waals surface area contributed by atoms with Crippen LogP contribution in [0.4, 0.5) is 0 Å². The molecule has 0 aliphatic carbocycles. The number of hydrogen-bond donors (Lipinski definition) is 0. The number of benzene rings is 2. The molecule has 1 atom stereocenters. The van der Waals surface area contributed by atoms with E-state index in [-0.39, 0.29) is 6.04 Å². The van der Waals surface area contributed by atoms with Crippen LogP contribution in [0.1, 0.15) is 24.8 Å². The van der Waals surface area contributed by atoms with Gasteiger partial charge in [-0.3, -0.25) is 0 Å². The molecule has 1 radical (unpaired) electrons. The Bertz CT molecular complexity index is 744. The van der Waals surface area contributed by atoms with Gasteiger partial charge in [0.15, 0.2) is 0 Å². The second-order valence-corrected chi connectivity index (χ2v) is 5.45. The Morgan fingerprint density at radius 2 is 1.55 bits per heavy atom. The molecule has 109 valence electrons. The molecule has 1 unspecified atom stereocenters. The first-order valence-electron chi connectivity index (χ1n) is 7.56. The fourth-order valence-corrected chi connectivity index (χ4v) is 2.75. The normalized spacial score (nSPS) is 17.7. The zero-order chi connectivity index (χ0) is 14.8. The highest BCUT2D eigenvalue weighted by atomic mass is 16.4. The van der Waals surface area contributed by atoms with Crippen LogP contribution in [0.5, 0.6) is 0 Å². The maximum atomic E-state index is 5.78. The summed E-state index contributed by atoms with van der Waals surface area (Å²) < 4.78 is 5.78. The lowest BCUT2D eigenvalue weighted by Gasteiger charge is -2.02. The summed E-state index contributed by atoms with van der Waals surface area (Å²) in [4.78, 5) is 0. The van der Waals surface area contributed by atoms with Crippen molar-refractivity contribution in [2.45, 2.75) is 18.9 Å². The molecule has 1 aromatic heterocycles. The summed E-state index contributed by atoms with van der Waals surface area (Å²) in [5.41, 5.74) is 3.32. The molecule has 0 saturated carbocycles. The predicted molar refractivity (Wildman–Crippen MR) is 84.1 cm³/mol. The molecule has 2 heterocycles. The predicted octanol–water partition coefficient (Wildman–Crippen LogP) is 3.84. The van der Waals surface area contributed by atoms with Gasteiger partial charge in [0.25, 0.3) is 0 Å². The highest BCUT2D eigenvalue weighted by molar-refractivity contribution is 5.67. The van der Waals surface area contributed by atoms with Gasteiger partial charge in [0, 0.05) is 12.1 Å². The number of nitrogens with zero attached hydrogens (tertiary/aromatic N) is 3. The quantitative estimate of drug-likeness (QED) is 0.736. The van der Waals surface area contributed by atoms with E-state index in [0.29, 0.717) is 11.8 Å². The van der Waals surface area contributed by atoms with Crippen LogP contribution in [0, 0.1) is 0 Å². The van der Waals surface area contributed by atoms with Gasteiger partial charge in [0.1, 0.15) is 6.04 Å². The van der Waals surface area contributed by atoms with E-state index in [4.69, 9.17) is 4.42 Å². The molecule has 1 aliphatic heterocycles. The van der Waals surface area contributed by atoms with Gasteiger partial charge in [-0.2, -0.15) is 0 Å². The van der Waals surface area contributed by atoms with Gasteiger partial charge in [-0.1, -0.05) is 42.5 Å². The molecule has 2 aromatic carbocycles. The van der Waals surface area contributed by atoms with Gasteiger partial charge < -0.3 is 4.42 Å². The average molecular weight is 290 g/mol. The first-order valence-corrected chi connectivity index (χ1v) is 7.56. The highest BCUT2D eigenvalue weighted by Crippen LogP contribution is 2.28. The van der Waals surface area contributed by atoms with Gasteiger partial charge in [-0.25, -0.2) is 5.32 Å². The van der Waals surface area contributed by atoms with Gasteiger partial charge in [-0.15, -0.1) is 10.2 Å². The zero-order valence-corrected chi connectivity index (χ0v) is 12.1. The Morgan fingerprint density at radius 3 is 2.27 bits per heavy atom. The van der Waals surface area contributed by atoms with Crippen molar-refractivity contribution >= 4 is 0 Å². The molecular formula is C18H16N3O. The third-order valence-electron chi connectivity index (χ3n) is 3.95. The van der Waals surface area contributed by atoms with Crippen molar-refractivity contribution in [3.63, 3.8) is 0 Å². The number of rotatable bonds is 3. The highest BCUT2D eigenvalue weighted by Gasteiger charge is 2.23.